The molecule has 3 heterocycles. The Kier molecular flexibility index (Phi) is 7.93. The lowest BCUT2D eigenvalue weighted by atomic mass is 10.0. The highest BCUT2D eigenvalue weighted by Crippen LogP contribution is 2.33. The quantitative estimate of drug-likeness (QED) is 0.486. The number of hydrogen-bond donors (Lipinski definition) is 1. The molecule has 1 aliphatic carbocycles. The summed E-state index contributed by atoms with van der Waals surface area (Å²) in [4.78, 5) is 20.8. The first-order chi connectivity index (χ1) is 18.3. The van der Waals surface area contributed by atoms with Crippen molar-refractivity contribution >= 4 is 38.7 Å². The van der Waals surface area contributed by atoms with E-state index in [4.69, 9.17) is 9.72 Å². The van der Waals surface area contributed by atoms with E-state index in [1.807, 2.05) is 32.7 Å². The van der Waals surface area contributed by atoms with E-state index in [1.165, 1.54) is 10.8 Å². The molecule has 0 bridgehead atoms. The van der Waals surface area contributed by atoms with Crippen LogP contribution in [-0.2, 0) is 14.8 Å². The second kappa shape index (κ2) is 10.9. The Morgan fingerprint density at radius 3 is 2.54 bits per heavy atom. The Bertz CT molecular complexity index is 1520. The van der Waals surface area contributed by atoms with E-state index in [0.29, 0.717) is 36.4 Å². The number of carbonyl (C=O) groups excluding carboxylic acids is 1. The average molecular weight is 562 g/mol. The number of aromatic nitrogens is 2. The van der Waals surface area contributed by atoms with Crippen molar-refractivity contribution in [2.75, 3.05) is 30.8 Å². The van der Waals surface area contributed by atoms with Gasteiger partial charge < -0.3 is 19.1 Å². The Balaban J connectivity index is 1.52. The summed E-state index contributed by atoms with van der Waals surface area (Å²) in [6.07, 6.45) is 2.96. The number of carbonyl (C=O) groups is 1. The second-order valence-corrected chi connectivity index (χ2v) is 12.4. The highest BCUT2D eigenvalue weighted by atomic mass is 32.2. The molecular weight excluding hydrogens is 528 g/mol. The summed E-state index contributed by atoms with van der Waals surface area (Å²) in [5.41, 5.74) is 3.82. The molecule has 0 radical (unpaired) electrons. The van der Waals surface area contributed by atoms with Gasteiger partial charge in [-0.2, -0.15) is 4.39 Å². The van der Waals surface area contributed by atoms with Crippen LogP contribution in [0.5, 0.6) is 0 Å². The van der Waals surface area contributed by atoms with E-state index >= 15 is 4.39 Å². The van der Waals surface area contributed by atoms with Gasteiger partial charge in [0.25, 0.3) is 0 Å². The molecule has 9 nitrogen and oxygen atoms in total. The van der Waals surface area contributed by atoms with Gasteiger partial charge >= 0.3 is 6.09 Å². The molecule has 12 heteroatoms. The average Bonchev–Trinajstić information content (AvgIpc) is 3.27. The van der Waals surface area contributed by atoms with Crippen molar-refractivity contribution in [3.05, 3.63) is 53.2 Å². The fourth-order valence-electron chi connectivity index (χ4n) is 4.55. The van der Waals surface area contributed by atoms with Gasteiger partial charge in [0, 0.05) is 32.4 Å². The van der Waals surface area contributed by atoms with Crippen LogP contribution in [0.15, 0.2) is 53.2 Å². The Morgan fingerprint density at radius 2 is 1.90 bits per heavy atom. The standard InChI is InChI=1S/C27H33F2N5O4S/c1-6-17-39(36,37)31-21-8-7-19(28)25(24(21)29)34-16-13-20-22(34)9-10-23(30-20)32(5)18-11-14-33(15-12-18)26(35)38-27(2,3)4/h9-10,13,16,18,31H,6,11-12,14-15,17H2,1-5H3. The number of pyridine rings is 1. The van der Waals surface area contributed by atoms with E-state index in [9.17, 15) is 17.6 Å². The number of ether oxygens (including phenoxy) is 1. The number of nitrogens with one attached hydrogen (secondary N) is 1. The topological polar surface area (TPSA) is 96.8 Å². The van der Waals surface area contributed by atoms with Gasteiger partial charge in [-0.25, -0.2) is 22.6 Å². The van der Waals surface area contributed by atoms with E-state index in [1.54, 1.807) is 30.0 Å². The summed E-state index contributed by atoms with van der Waals surface area (Å²) < 4.78 is 63.2. The van der Waals surface area contributed by atoms with Gasteiger partial charge in [-0.3, -0.25) is 4.72 Å². The fraction of sp³-hybridized carbons (Fsp3) is 0.481. The molecule has 0 saturated carbocycles. The van der Waals surface area contributed by atoms with Crippen molar-refractivity contribution < 1.29 is 26.7 Å². The lowest BCUT2D eigenvalue weighted by Crippen LogP contribution is -2.47. The SMILES string of the molecule is CCCS(=O)(=O)NC1=C=C=C(F)C(n2ccc3nc(N(C)C4CCN(C(=O)OC(C)(C)C)CC4)ccc32)=C1F. The molecule has 1 saturated heterocycles. The molecule has 0 atom stereocenters. The van der Waals surface area contributed by atoms with Crippen LogP contribution < -0.4 is 9.62 Å². The van der Waals surface area contributed by atoms with Crippen molar-refractivity contribution in [1.29, 1.82) is 0 Å². The van der Waals surface area contributed by atoms with Crippen molar-refractivity contribution in [2.45, 2.75) is 58.6 Å². The van der Waals surface area contributed by atoms with E-state index in [0.717, 1.165) is 12.8 Å². The monoisotopic (exact) mass is 561 g/mol. The molecule has 2 aromatic heterocycles. The number of hydrogen-bond acceptors (Lipinski definition) is 6. The first-order valence-corrected chi connectivity index (χ1v) is 14.5. The minimum absolute atomic E-state index is 0.142. The van der Waals surface area contributed by atoms with Crippen LogP contribution in [0, 0.1) is 0 Å². The van der Waals surface area contributed by atoms with Crippen LogP contribution in [0.25, 0.3) is 16.7 Å². The molecule has 210 valence electrons. The van der Waals surface area contributed by atoms with Crippen LogP contribution in [0.2, 0.25) is 0 Å². The lowest BCUT2D eigenvalue weighted by molar-refractivity contribution is 0.0205. The molecular formula is C27H33F2N5O4S. The van der Waals surface area contributed by atoms with E-state index in [2.05, 4.69) is 16.2 Å². The van der Waals surface area contributed by atoms with Crippen LogP contribution in [0.3, 0.4) is 0 Å². The van der Waals surface area contributed by atoms with Crippen LogP contribution in [0.4, 0.5) is 19.4 Å². The minimum Gasteiger partial charge on any atom is -0.444 e. The lowest BCUT2D eigenvalue weighted by Gasteiger charge is -2.37. The summed E-state index contributed by atoms with van der Waals surface area (Å²) in [7, 11) is -1.88. The molecule has 1 N–H and O–H groups in total. The third kappa shape index (κ3) is 6.36. The van der Waals surface area contributed by atoms with Gasteiger partial charge in [-0.1, -0.05) is 6.92 Å². The van der Waals surface area contributed by atoms with E-state index < -0.39 is 38.7 Å². The maximum atomic E-state index is 15.3. The molecule has 2 aliphatic rings. The first-order valence-electron chi connectivity index (χ1n) is 12.8. The molecule has 0 aromatic carbocycles. The zero-order chi connectivity index (χ0) is 28.5. The Morgan fingerprint density at radius 1 is 1.21 bits per heavy atom. The van der Waals surface area contributed by atoms with Crippen LogP contribution in [0.1, 0.15) is 47.0 Å². The van der Waals surface area contributed by atoms with Gasteiger partial charge in [0.1, 0.15) is 22.8 Å². The predicted octanol–water partition coefficient (Wildman–Crippen LogP) is 4.84. The van der Waals surface area contributed by atoms with Gasteiger partial charge in [0.05, 0.1) is 16.8 Å². The van der Waals surface area contributed by atoms with Gasteiger partial charge in [-0.15, -0.1) is 0 Å². The second-order valence-electron chi connectivity index (χ2n) is 10.6. The van der Waals surface area contributed by atoms with Gasteiger partial charge in [-0.05, 0) is 69.7 Å². The summed E-state index contributed by atoms with van der Waals surface area (Å²) >= 11 is 0. The number of rotatable bonds is 7. The number of allylic oxidation sites excluding steroid dienone is 3. The van der Waals surface area contributed by atoms with Crippen molar-refractivity contribution in [3.63, 3.8) is 0 Å². The normalized spacial score (nSPS) is 16.8. The highest BCUT2D eigenvalue weighted by Gasteiger charge is 2.29. The Hall–Kier alpha value is -3.59. The van der Waals surface area contributed by atoms with Crippen molar-refractivity contribution in [3.8, 4) is 0 Å². The molecule has 1 fully saturated rings. The summed E-state index contributed by atoms with van der Waals surface area (Å²) in [5.74, 6) is -1.64. The number of sulfonamides is 1. The summed E-state index contributed by atoms with van der Waals surface area (Å²) in [6.45, 7) is 8.32. The van der Waals surface area contributed by atoms with Gasteiger partial charge in [0.15, 0.2) is 5.83 Å². The number of nitrogens with zero attached hydrogens (tertiary/aromatic N) is 4. The zero-order valence-electron chi connectivity index (χ0n) is 22.7. The number of piperidine rings is 1. The molecule has 2 aromatic rings. The predicted molar refractivity (Wildman–Crippen MR) is 146 cm³/mol. The zero-order valence-corrected chi connectivity index (χ0v) is 23.5. The van der Waals surface area contributed by atoms with E-state index in [-0.39, 0.29) is 17.9 Å². The number of likely N-dealkylation sites (tertiary alicyclic amines) is 1. The molecule has 1 aliphatic heterocycles. The van der Waals surface area contributed by atoms with Crippen molar-refractivity contribution in [2.24, 2.45) is 0 Å². The maximum Gasteiger partial charge on any atom is 0.410 e. The summed E-state index contributed by atoms with van der Waals surface area (Å²) in [5, 5.41) is 0. The minimum atomic E-state index is -3.81. The number of anilines is 1. The van der Waals surface area contributed by atoms with Crippen molar-refractivity contribution in [1.82, 2.24) is 19.2 Å². The third-order valence-electron chi connectivity index (χ3n) is 6.46. The number of fused-ring (bicyclic) bond motifs is 1. The summed E-state index contributed by atoms with van der Waals surface area (Å²) in [6, 6.07) is 5.25. The highest BCUT2D eigenvalue weighted by molar-refractivity contribution is 7.89. The largest absolute Gasteiger partial charge is 0.444 e. The first kappa shape index (κ1) is 28.4. The molecule has 0 spiro atoms. The number of amides is 1. The van der Waals surface area contributed by atoms with Crippen LogP contribution in [-0.4, -0.2) is 66.5 Å². The molecule has 0 unspecified atom stereocenters. The third-order valence-corrected chi connectivity index (χ3v) is 7.92. The molecule has 1 amide bonds. The van der Waals surface area contributed by atoms with Crippen LogP contribution >= 0.6 is 0 Å². The Labute approximate surface area is 227 Å². The van der Waals surface area contributed by atoms with Gasteiger partial charge in [0.2, 0.25) is 15.9 Å². The molecule has 39 heavy (non-hydrogen) atoms. The smallest absolute Gasteiger partial charge is 0.410 e. The molecule has 4 rings (SSSR count). The maximum absolute atomic E-state index is 15.3. The number of halogens is 2. The fourth-order valence-corrected chi connectivity index (χ4v) is 5.64.